The predicted molar refractivity (Wildman–Crippen MR) is 93.5 cm³/mol. The van der Waals surface area contributed by atoms with Gasteiger partial charge in [-0.05, 0) is 49.4 Å². The standard InChI is InChI=1S/C20H25NO2/c1-16(18-9-4-3-5-10-18)21-20(22)11-7-6-8-17-12-14-19(23-2)15-13-17/h3-5,9-10,12-16H,6-8,11H2,1-2H3,(H,21,22). The fourth-order valence-electron chi connectivity index (χ4n) is 2.55. The Labute approximate surface area is 138 Å². The van der Waals surface area contributed by atoms with Crippen LogP contribution in [0.3, 0.4) is 0 Å². The summed E-state index contributed by atoms with van der Waals surface area (Å²) in [4.78, 5) is 12.0. The largest absolute Gasteiger partial charge is 0.497 e. The Morgan fingerprint density at radius 2 is 1.74 bits per heavy atom. The highest BCUT2D eigenvalue weighted by Crippen LogP contribution is 2.14. The lowest BCUT2D eigenvalue weighted by atomic mass is 10.1. The van der Waals surface area contributed by atoms with Crippen LogP contribution in [0.4, 0.5) is 0 Å². The van der Waals surface area contributed by atoms with Crippen molar-refractivity contribution < 1.29 is 9.53 Å². The summed E-state index contributed by atoms with van der Waals surface area (Å²) in [6.07, 6.45) is 3.48. The van der Waals surface area contributed by atoms with E-state index in [-0.39, 0.29) is 11.9 Å². The van der Waals surface area contributed by atoms with Crippen LogP contribution in [0.25, 0.3) is 0 Å². The minimum Gasteiger partial charge on any atom is -0.497 e. The second-order valence-corrected chi connectivity index (χ2v) is 5.76. The highest BCUT2D eigenvalue weighted by atomic mass is 16.5. The van der Waals surface area contributed by atoms with Crippen molar-refractivity contribution in [2.45, 2.75) is 38.6 Å². The Kier molecular flexibility index (Phi) is 6.67. The third-order valence-corrected chi connectivity index (χ3v) is 3.96. The van der Waals surface area contributed by atoms with E-state index < -0.39 is 0 Å². The molecule has 1 unspecified atom stereocenters. The number of benzene rings is 2. The van der Waals surface area contributed by atoms with Crippen molar-refractivity contribution in [3.63, 3.8) is 0 Å². The highest BCUT2D eigenvalue weighted by molar-refractivity contribution is 5.76. The molecule has 3 nitrogen and oxygen atoms in total. The fourth-order valence-corrected chi connectivity index (χ4v) is 2.55. The van der Waals surface area contributed by atoms with E-state index in [0.29, 0.717) is 6.42 Å². The Bertz CT molecular complexity index is 593. The number of hydrogen-bond donors (Lipinski definition) is 1. The van der Waals surface area contributed by atoms with Gasteiger partial charge >= 0.3 is 0 Å². The lowest BCUT2D eigenvalue weighted by Crippen LogP contribution is -2.26. The molecule has 1 N–H and O–H groups in total. The van der Waals surface area contributed by atoms with Crippen molar-refractivity contribution in [2.75, 3.05) is 7.11 Å². The van der Waals surface area contributed by atoms with Crippen molar-refractivity contribution in [1.29, 1.82) is 0 Å². The molecule has 2 aromatic carbocycles. The second kappa shape index (κ2) is 8.99. The van der Waals surface area contributed by atoms with Gasteiger partial charge in [0.2, 0.25) is 5.91 Å². The maximum absolute atomic E-state index is 12.0. The summed E-state index contributed by atoms with van der Waals surface area (Å²) in [6.45, 7) is 2.02. The predicted octanol–water partition coefficient (Wildman–Crippen LogP) is 4.29. The van der Waals surface area contributed by atoms with Gasteiger partial charge in [-0.3, -0.25) is 4.79 Å². The van der Waals surface area contributed by atoms with Gasteiger partial charge in [-0.2, -0.15) is 0 Å². The molecule has 0 bridgehead atoms. The molecule has 0 aromatic heterocycles. The fraction of sp³-hybridized carbons (Fsp3) is 0.350. The monoisotopic (exact) mass is 311 g/mol. The topological polar surface area (TPSA) is 38.3 Å². The molecule has 1 amide bonds. The molecule has 3 heteroatoms. The van der Waals surface area contributed by atoms with E-state index in [4.69, 9.17) is 4.74 Å². The van der Waals surface area contributed by atoms with E-state index in [9.17, 15) is 4.79 Å². The van der Waals surface area contributed by atoms with Crippen LogP contribution in [0.2, 0.25) is 0 Å². The van der Waals surface area contributed by atoms with Gasteiger partial charge in [0.15, 0.2) is 0 Å². The van der Waals surface area contributed by atoms with Crippen molar-refractivity contribution >= 4 is 5.91 Å². The van der Waals surface area contributed by atoms with Gasteiger partial charge in [0.05, 0.1) is 13.2 Å². The first-order chi connectivity index (χ1) is 11.2. The molecule has 0 aliphatic heterocycles. The van der Waals surface area contributed by atoms with Crippen LogP contribution < -0.4 is 10.1 Å². The lowest BCUT2D eigenvalue weighted by molar-refractivity contribution is -0.121. The first kappa shape index (κ1) is 17.1. The van der Waals surface area contributed by atoms with Gasteiger partial charge in [0, 0.05) is 6.42 Å². The number of unbranched alkanes of at least 4 members (excludes halogenated alkanes) is 1. The summed E-state index contributed by atoms with van der Waals surface area (Å²) in [5, 5.41) is 3.05. The zero-order chi connectivity index (χ0) is 16.5. The number of carbonyl (C=O) groups excluding carboxylic acids is 1. The maximum atomic E-state index is 12.0. The third kappa shape index (κ3) is 5.78. The maximum Gasteiger partial charge on any atom is 0.220 e. The third-order valence-electron chi connectivity index (χ3n) is 3.96. The van der Waals surface area contributed by atoms with Gasteiger partial charge in [-0.1, -0.05) is 42.5 Å². The summed E-state index contributed by atoms with van der Waals surface area (Å²) in [5.74, 6) is 0.999. The summed E-state index contributed by atoms with van der Waals surface area (Å²) < 4.78 is 5.15. The molecule has 23 heavy (non-hydrogen) atoms. The SMILES string of the molecule is COc1ccc(CCCCC(=O)NC(C)c2ccccc2)cc1. The van der Waals surface area contributed by atoms with E-state index in [1.807, 2.05) is 49.4 Å². The zero-order valence-electron chi connectivity index (χ0n) is 13.9. The van der Waals surface area contributed by atoms with Crippen LogP contribution in [0.5, 0.6) is 5.75 Å². The summed E-state index contributed by atoms with van der Waals surface area (Å²) in [5.41, 5.74) is 2.42. The molecule has 0 aliphatic rings. The number of ether oxygens (including phenoxy) is 1. The molecule has 0 heterocycles. The van der Waals surface area contributed by atoms with Gasteiger partial charge in [-0.15, -0.1) is 0 Å². The van der Waals surface area contributed by atoms with Gasteiger partial charge in [0.25, 0.3) is 0 Å². The van der Waals surface area contributed by atoms with Crippen molar-refractivity contribution in [1.82, 2.24) is 5.32 Å². The number of methoxy groups -OCH3 is 1. The van der Waals surface area contributed by atoms with E-state index in [0.717, 1.165) is 30.6 Å². The highest BCUT2D eigenvalue weighted by Gasteiger charge is 2.08. The molecule has 0 fully saturated rings. The Morgan fingerprint density at radius 3 is 2.39 bits per heavy atom. The summed E-state index contributed by atoms with van der Waals surface area (Å²) in [6, 6.07) is 18.2. The molecule has 0 saturated carbocycles. The molecule has 0 saturated heterocycles. The van der Waals surface area contributed by atoms with Crippen LogP contribution in [0.15, 0.2) is 54.6 Å². The van der Waals surface area contributed by atoms with Crippen LogP contribution in [-0.4, -0.2) is 13.0 Å². The summed E-state index contributed by atoms with van der Waals surface area (Å²) in [7, 11) is 1.67. The molecule has 0 spiro atoms. The van der Waals surface area contributed by atoms with Crippen LogP contribution in [0.1, 0.15) is 43.4 Å². The minimum atomic E-state index is 0.0605. The van der Waals surface area contributed by atoms with Crippen LogP contribution in [-0.2, 0) is 11.2 Å². The molecule has 0 aliphatic carbocycles. The normalized spacial score (nSPS) is 11.7. The molecular weight excluding hydrogens is 286 g/mol. The van der Waals surface area contributed by atoms with Crippen molar-refractivity contribution in [3.05, 3.63) is 65.7 Å². The Morgan fingerprint density at radius 1 is 1.04 bits per heavy atom. The summed E-state index contributed by atoms with van der Waals surface area (Å²) >= 11 is 0. The Hall–Kier alpha value is -2.29. The number of aryl methyl sites for hydroxylation is 1. The second-order valence-electron chi connectivity index (χ2n) is 5.76. The molecule has 0 radical (unpaired) electrons. The quantitative estimate of drug-likeness (QED) is 0.739. The molecule has 2 aromatic rings. The van der Waals surface area contributed by atoms with Crippen molar-refractivity contribution in [3.8, 4) is 5.75 Å². The van der Waals surface area contributed by atoms with Gasteiger partial charge in [-0.25, -0.2) is 0 Å². The Balaban J connectivity index is 1.66. The molecule has 2 rings (SSSR count). The van der Waals surface area contributed by atoms with E-state index in [1.54, 1.807) is 7.11 Å². The van der Waals surface area contributed by atoms with E-state index in [2.05, 4.69) is 17.4 Å². The van der Waals surface area contributed by atoms with Crippen LogP contribution >= 0.6 is 0 Å². The lowest BCUT2D eigenvalue weighted by Gasteiger charge is -2.14. The van der Waals surface area contributed by atoms with Gasteiger partial charge in [0.1, 0.15) is 5.75 Å². The smallest absolute Gasteiger partial charge is 0.220 e. The van der Waals surface area contributed by atoms with E-state index >= 15 is 0 Å². The molecule has 1 atom stereocenters. The van der Waals surface area contributed by atoms with E-state index in [1.165, 1.54) is 5.56 Å². The molecule has 122 valence electrons. The zero-order valence-corrected chi connectivity index (χ0v) is 13.9. The average Bonchev–Trinajstić information content (AvgIpc) is 2.60. The molecular formula is C20H25NO2. The number of carbonyl (C=O) groups is 1. The average molecular weight is 311 g/mol. The first-order valence-corrected chi connectivity index (χ1v) is 8.16. The van der Waals surface area contributed by atoms with Crippen molar-refractivity contribution in [2.24, 2.45) is 0 Å². The minimum absolute atomic E-state index is 0.0605. The first-order valence-electron chi connectivity index (χ1n) is 8.16. The number of rotatable bonds is 8. The number of hydrogen-bond acceptors (Lipinski definition) is 2. The van der Waals surface area contributed by atoms with Gasteiger partial charge < -0.3 is 10.1 Å². The number of amides is 1. The number of nitrogens with one attached hydrogen (secondary N) is 1. The van der Waals surface area contributed by atoms with Crippen LogP contribution in [0, 0.1) is 0 Å².